The molecule has 1 rings (SSSR count). The van der Waals surface area contributed by atoms with Gasteiger partial charge in [0.15, 0.2) is 0 Å². The average Bonchev–Trinajstić information content (AvgIpc) is 2.07. The van der Waals surface area contributed by atoms with Gasteiger partial charge in [0.1, 0.15) is 0 Å². The van der Waals surface area contributed by atoms with E-state index < -0.39 is 17.9 Å². The summed E-state index contributed by atoms with van der Waals surface area (Å²) in [6.07, 6.45) is 1.85. The van der Waals surface area contributed by atoms with Crippen molar-refractivity contribution >= 4 is 0 Å². The van der Waals surface area contributed by atoms with Crippen molar-refractivity contribution in [1.29, 1.82) is 0 Å². The predicted octanol–water partition coefficient (Wildman–Crippen LogP) is 2.15. The Bertz CT molecular complexity index is 147. The van der Waals surface area contributed by atoms with Crippen LogP contribution in [-0.4, -0.2) is 16.6 Å². The first kappa shape index (κ1) is 8.91. The van der Waals surface area contributed by atoms with E-state index in [1.165, 1.54) is 0 Å². The lowest BCUT2D eigenvalue weighted by Crippen LogP contribution is -2.27. The van der Waals surface area contributed by atoms with E-state index in [2.05, 4.69) is 0 Å². The zero-order chi connectivity index (χ0) is 8.54. The van der Waals surface area contributed by atoms with Crippen LogP contribution in [0.2, 0.25) is 0 Å². The number of hydrogen-bond acceptors (Lipinski definition) is 1. The van der Waals surface area contributed by atoms with Crippen LogP contribution in [-0.2, 0) is 0 Å². The molecule has 1 aliphatic carbocycles. The van der Waals surface area contributed by atoms with Crippen LogP contribution in [0.4, 0.5) is 8.78 Å². The summed E-state index contributed by atoms with van der Waals surface area (Å²) in [6, 6.07) is 0. The highest BCUT2D eigenvalue weighted by molar-refractivity contribution is 5.01. The summed E-state index contributed by atoms with van der Waals surface area (Å²) in [5.74, 6) is -2.65. The first-order valence-electron chi connectivity index (χ1n) is 3.92. The molecule has 0 heterocycles. The Labute approximate surface area is 65.4 Å². The molecule has 11 heavy (non-hydrogen) atoms. The van der Waals surface area contributed by atoms with Crippen LogP contribution in [0.5, 0.6) is 0 Å². The zero-order valence-electron chi connectivity index (χ0n) is 6.61. The summed E-state index contributed by atoms with van der Waals surface area (Å²) in [7, 11) is 0. The number of rotatable bonds is 2. The molecule has 0 aromatic carbocycles. The van der Waals surface area contributed by atoms with E-state index in [-0.39, 0.29) is 12.8 Å². The summed E-state index contributed by atoms with van der Waals surface area (Å²) in [6.45, 7) is 1.84. The van der Waals surface area contributed by atoms with Gasteiger partial charge in [-0.15, -0.1) is 0 Å². The Morgan fingerprint density at radius 3 is 2.45 bits per heavy atom. The summed E-state index contributed by atoms with van der Waals surface area (Å²) in [5.41, 5.74) is -1.20. The molecule has 1 radical (unpaired) electrons. The summed E-state index contributed by atoms with van der Waals surface area (Å²) in [4.78, 5) is 0. The highest BCUT2D eigenvalue weighted by Gasteiger charge is 2.47. The minimum atomic E-state index is -2.65. The zero-order valence-corrected chi connectivity index (χ0v) is 6.61. The minimum Gasteiger partial charge on any atom is -0.389 e. The van der Waals surface area contributed by atoms with Crippen molar-refractivity contribution in [2.24, 2.45) is 0 Å². The van der Waals surface area contributed by atoms with Crippen molar-refractivity contribution in [2.45, 2.75) is 44.1 Å². The molecule has 1 N–H and O–H groups in total. The average molecular weight is 163 g/mol. The van der Waals surface area contributed by atoms with Crippen molar-refractivity contribution in [3.63, 3.8) is 0 Å². The van der Waals surface area contributed by atoms with E-state index in [1.54, 1.807) is 6.42 Å². The van der Waals surface area contributed by atoms with Crippen LogP contribution in [0, 0.1) is 6.42 Å². The quantitative estimate of drug-likeness (QED) is 0.661. The molecular formula is C8H13F2O. The van der Waals surface area contributed by atoms with Gasteiger partial charge in [-0.25, -0.2) is 8.78 Å². The van der Waals surface area contributed by atoms with E-state index >= 15 is 0 Å². The monoisotopic (exact) mass is 163 g/mol. The maximum Gasteiger partial charge on any atom is 0.251 e. The number of hydrogen-bond donors (Lipinski definition) is 1. The second-order valence-corrected chi connectivity index (χ2v) is 3.25. The normalized spacial score (nSPS) is 36.0. The molecule has 1 fully saturated rings. The van der Waals surface area contributed by atoms with Gasteiger partial charge in [0.25, 0.3) is 5.92 Å². The maximum absolute atomic E-state index is 12.6. The molecule has 3 heteroatoms. The van der Waals surface area contributed by atoms with Crippen LogP contribution >= 0.6 is 0 Å². The molecular weight excluding hydrogens is 150 g/mol. The van der Waals surface area contributed by atoms with Crippen molar-refractivity contribution in [2.75, 3.05) is 0 Å². The van der Waals surface area contributed by atoms with Gasteiger partial charge in [0.05, 0.1) is 5.60 Å². The Hall–Kier alpha value is -0.180. The summed E-state index contributed by atoms with van der Waals surface area (Å²) >= 11 is 0. The Balaban J connectivity index is 2.51. The molecule has 0 spiro atoms. The lowest BCUT2D eigenvalue weighted by atomic mass is 9.96. The summed E-state index contributed by atoms with van der Waals surface area (Å²) < 4.78 is 25.2. The molecule has 1 atom stereocenters. The third kappa shape index (κ3) is 2.12. The Morgan fingerprint density at radius 2 is 2.09 bits per heavy atom. The van der Waals surface area contributed by atoms with Gasteiger partial charge in [-0.05, 0) is 12.8 Å². The second-order valence-electron chi connectivity index (χ2n) is 3.25. The largest absolute Gasteiger partial charge is 0.389 e. The molecule has 0 aliphatic heterocycles. The fourth-order valence-corrected chi connectivity index (χ4v) is 1.58. The molecule has 0 aromatic rings. The number of halogens is 2. The number of alkyl halides is 2. The molecule has 0 amide bonds. The fourth-order valence-electron chi connectivity index (χ4n) is 1.58. The molecule has 1 saturated carbocycles. The Morgan fingerprint density at radius 1 is 1.45 bits per heavy atom. The molecule has 1 unspecified atom stereocenters. The second kappa shape index (κ2) is 2.70. The molecule has 1 aliphatic rings. The molecule has 0 saturated heterocycles. The standard InChI is InChI=1S/C8H13F2O/c1-2-3-7(11)4-5-8(9,10)6-7/h3,11H,2,4-6H2,1H3. The van der Waals surface area contributed by atoms with Gasteiger partial charge < -0.3 is 5.11 Å². The van der Waals surface area contributed by atoms with Gasteiger partial charge in [-0.2, -0.15) is 0 Å². The van der Waals surface area contributed by atoms with Crippen LogP contribution in [0.3, 0.4) is 0 Å². The molecule has 1 nitrogen and oxygen atoms in total. The maximum atomic E-state index is 12.6. The van der Waals surface area contributed by atoms with E-state index in [4.69, 9.17) is 0 Å². The molecule has 0 bridgehead atoms. The van der Waals surface area contributed by atoms with Crippen molar-refractivity contribution < 1.29 is 13.9 Å². The third-order valence-electron chi connectivity index (χ3n) is 2.07. The SMILES string of the molecule is CC[CH]C1(O)CCC(F)(F)C1. The topological polar surface area (TPSA) is 20.2 Å². The van der Waals surface area contributed by atoms with Crippen molar-refractivity contribution in [3.8, 4) is 0 Å². The highest BCUT2D eigenvalue weighted by atomic mass is 19.3. The van der Waals surface area contributed by atoms with Crippen LogP contribution in [0.15, 0.2) is 0 Å². The van der Waals surface area contributed by atoms with Crippen LogP contribution < -0.4 is 0 Å². The lowest BCUT2D eigenvalue weighted by Gasteiger charge is -2.20. The third-order valence-corrected chi connectivity index (χ3v) is 2.07. The summed E-state index contributed by atoms with van der Waals surface area (Å²) in [5, 5.41) is 9.49. The predicted molar refractivity (Wildman–Crippen MR) is 38.3 cm³/mol. The van der Waals surface area contributed by atoms with Crippen molar-refractivity contribution in [1.82, 2.24) is 0 Å². The van der Waals surface area contributed by atoms with Crippen LogP contribution in [0.25, 0.3) is 0 Å². The van der Waals surface area contributed by atoms with Gasteiger partial charge in [0, 0.05) is 12.8 Å². The van der Waals surface area contributed by atoms with Crippen LogP contribution in [0.1, 0.15) is 32.6 Å². The molecule has 0 aromatic heterocycles. The van der Waals surface area contributed by atoms with Gasteiger partial charge in [-0.3, -0.25) is 0 Å². The van der Waals surface area contributed by atoms with Gasteiger partial charge >= 0.3 is 0 Å². The fraction of sp³-hybridized carbons (Fsp3) is 0.875. The van der Waals surface area contributed by atoms with Crippen molar-refractivity contribution in [3.05, 3.63) is 6.42 Å². The van der Waals surface area contributed by atoms with E-state index in [0.29, 0.717) is 6.42 Å². The lowest BCUT2D eigenvalue weighted by molar-refractivity contribution is -0.0224. The van der Waals surface area contributed by atoms with Gasteiger partial charge in [0.2, 0.25) is 0 Å². The molecule has 65 valence electrons. The van der Waals surface area contributed by atoms with E-state index in [9.17, 15) is 13.9 Å². The smallest absolute Gasteiger partial charge is 0.251 e. The van der Waals surface area contributed by atoms with E-state index in [0.717, 1.165) is 0 Å². The van der Waals surface area contributed by atoms with E-state index in [1.807, 2.05) is 6.92 Å². The number of aliphatic hydroxyl groups is 1. The highest BCUT2D eigenvalue weighted by Crippen LogP contribution is 2.43. The Kier molecular flexibility index (Phi) is 2.19. The minimum absolute atomic E-state index is 0.181. The van der Waals surface area contributed by atoms with Gasteiger partial charge in [-0.1, -0.05) is 13.3 Å². The first-order valence-corrected chi connectivity index (χ1v) is 3.92. The first-order chi connectivity index (χ1) is 4.97.